The van der Waals surface area contributed by atoms with E-state index in [0.29, 0.717) is 19.0 Å². The van der Waals surface area contributed by atoms with Gasteiger partial charge in [-0.05, 0) is 36.2 Å². The van der Waals surface area contributed by atoms with Gasteiger partial charge in [0.2, 0.25) is 0 Å². The van der Waals surface area contributed by atoms with Gasteiger partial charge < -0.3 is 14.4 Å². The van der Waals surface area contributed by atoms with Crippen LogP contribution in [0.1, 0.15) is 12.0 Å². The summed E-state index contributed by atoms with van der Waals surface area (Å²) in [6.45, 7) is 1.90. The largest absolute Gasteiger partial charge is 0.573 e. The van der Waals surface area contributed by atoms with Crippen molar-refractivity contribution >= 4 is 5.82 Å². The Morgan fingerprint density at radius 1 is 1.17 bits per heavy atom. The van der Waals surface area contributed by atoms with Gasteiger partial charge in [0.05, 0.1) is 18.9 Å². The van der Waals surface area contributed by atoms with Crippen molar-refractivity contribution in [2.24, 2.45) is 0 Å². The fourth-order valence-corrected chi connectivity index (χ4v) is 2.52. The van der Waals surface area contributed by atoms with Gasteiger partial charge in [-0.3, -0.25) is 4.98 Å². The number of halogens is 3. The Labute approximate surface area is 137 Å². The van der Waals surface area contributed by atoms with E-state index in [0.717, 1.165) is 24.7 Å². The summed E-state index contributed by atoms with van der Waals surface area (Å²) in [5, 5.41) is 0. The van der Waals surface area contributed by atoms with Crippen molar-refractivity contribution in [3.63, 3.8) is 0 Å². The molecule has 24 heavy (non-hydrogen) atoms. The first-order chi connectivity index (χ1) is 11.5. The number of hydrogen-bond donors (Lipinski definition) is 0. The number of ether oxygens (including phenoxy) is 2. The van der Waals surface area contributed by atoms with Gasteiger partial charge in [-0.25, -0.2) is 4.98 Å². The predicted octanol–water partition coefficient (Wildman–Crippen LogP) is 3.17. The lowest BCUT2D eigenvalue weighted by molar-refractivity contribution is -0.274. The normalized spacial score (nSPS) is 18.0. The van der Waals surface area contributed by atoms with E-state index in [2.05, 4.69) is 14.7 Å². The van der Waals surface area contributed by atoms with E-state index in [1.54, 1.807) is 12.4 Å². The quantitative estimate of drug-likeness (QED) is 0.837. The van der Waals surface area contributed by atoms with E-state index < -0.39 is 6.36 Å². The lowest BCUT2D eigenvalue weighted by Crippen LogP contribution is -2.23. The smallest absolute Gasteiger partial charge is 0.404 e. The van der Waals surface area contributed by atoms with Crippen LogP contribution in [0.3, 0.4) is 0 Å². The molecule has 1 fully saturated rings. The van der Waals surface area contributed by atoms with E-state index in [9.17, 15) is 13.2 Å². The van der Waals surface area contributed by atoms with E-state index >= 15 is 0 Å². The Kier molecular flexibility index (Phi) is 4.84. The number of nitrogens with zero attached hydrogens (tertiary/aromatic N) is 3. The molecule has 0 amide bonds. The van der Waals surface area contributed by atoms with Crippen LogP contribution < -0.4 is 9.64 Å². The number of hydrogen-bond acceptors (Lipinski definition) is 5. The van der Waals surface area contributed by atoms with Crippen LogP contribution >= 0.6 is 0 Å². The van der Waals surface area contributed by atoms with Gasteiger partial charge in [0, 0.05) is 25.5 Å². The standard InChI is InChI=1S/C16H16F3N3O2/c17-16(18,19)24-13-1-2-15(21-9-13)22-8-5-14(10-22)23-11-12-3-6-20-7-4-12/h1-4,6-7,9,14H,5,8,10-11H2/t14-/m0/s1. The van der Waals surface area contributed by atoms with Crippen LogP contribution in [0.5, 0.6) is 5.75 Å². The maximum atomic E-state index is 12.1. The van der Waals surface area contributed by atoms with Crippen LogP contribution in [0.2, 0.25) is 0 Å². The lowest BCUT2D eigenvalue weighted by Gasteiger charge is -2.18. The number of aromatic nitrogens is 2. The number of pyridine rings is 2. The first-order valence-corrected chi connectivity index (χ1v) is 7.47. The molecule has 0 spiro atoms. The molecule has 0 radical (unpaired) electrons. The lowest BCUT2D eigenvalue weighted by atomic mass is 10.3. The van der Waals surface area contributed by atoms with Crippen molar-refractivity contribution in [2.45, 2.75) is 25.5 Å². The minimum atomic E-state index is -4.71. The summed E-state index contributed by atoms with van der Waals surface area (Å²) in [6, 6.07) is 6.58. The molecule has 2 aromatic rings. The van der Waals surface area contributed by atoms with Crippen molar-refractivity contribution in [3.8, 4) is 5.75 Å². The van der Waals surface area contributed by atoms with Crippen molar-refractivity contribution in [1.29, 1.82) is 0 Å². The van der Waals surface area contributed by atoms with Crippen LogP contribution in [-0.2, 0) is 11.3 Å². The zero-order valence-electron chi connectivity index (χ0n) is 12.7. The Hall–Kier alpha value is -2.35. The second-order valence-electron chi connectivity index (χ2n) is 5.42. The second kappa shape index (κ2) is 7.04. The van der Waals surface area contributed by atoms with Gasteiger partial charge in [0.25, 0.3) is 0 Å². The van der Waals surface area contributed by atoms with Crippen molar-refractivity contribution in [1.82, 2.24) is 9.97 Å². The molecule has 3 heterocycles. The molecule has 3 rings (SSSR count). The molecule has 2 aromatic heterocycles. The first kappa shape index (κ1) is 16.5. The highest BCUT2D eigenvalue weighted by atomic mass is 19.4. The molecular weight excluding hydrogens is 323 g/mol. The Morgan fingerprint density at radius 3 is 2.62 bits per heavy atom. The van der Waals surface area contributed by atoms with Gasteiger partial charge in [0.1, 0.15) is 11.6 Å². The molecule has 0 unspecified atom stereocenters. The van der Waals surface area contributed by atoms with Crippen LogP contribution in [-0.4, -0.2) is 35.5 Å². The third-order valence-corrected chi connectivity index (χ3v) is 3.66. The Bertz CT molecular complexity index is 650. The summed E-state index contributed by atoms with van der Waals surface area (Å²) in [4.78, 5) is 9.97. The number of alkyl halides is 3. The molecule has 8 heteroatoms. The summed E-state index contributed by atoms with van der Waals surface area (Å²) in [7, 11) is 0. The molecule has 0 aliphatic carbocycles. The average molecular weight is 339 g/mol. The van der Waals surface area contributed by atoms with Crippen LogP contribution in [0.15, 0.2) is 42.9 Å². The molecule has 1 saturated heterocycles. The summed E-state index contributed by atoms with van der Waals surface area (Å²) >= 11 is 0. The summed E-state index contributed by atoms with van der Waals surface area (Å²) < 4.78 is 46.1. The molecule has 0 N–H and O–H groups in total. The highest BCUT2D eigenvalue weighted by Crippen LogP contribution is 2.25. The highest BCUT2D eigenvalue weighted by molar-refractivity contribution is 5.42. The molecule has 0 aromatic carbocycles. The molecular formula is C16H16F3N3O2. The second-order valence-corrected chi connectivity index (χ2v) is 5.42. The monoisotopic (exact) mass is 339 g/mol. The van der Waals surface area contributed by atoms with Gasteiger partial charge in [-0.2, -0.15) is 0 Å². The summed E-state index contributed by atoms with van der Waals surface area (Å²) in [5.74, 6) is 0.287. The van der Waals surface area contributed by atoms with Gasteiger partial charge in [-0.1, -0.05) is 0 Å². The third-order valence-electron chi connectivity index (χ3n) is 3.66. The fourth-order valence-electron chi connectivity index (χ4n) is 2.52. The highest BCUT2D eigenvalue weighted by Gasteiger charge is 2.31. The van der Waals surface area contributed by atoms with Crippen molar-refractivity contribution in [2.75, 3.05) is 18.0 Å². The summed E-state index contributed by atoms with van der Waals surface area (Å²) in [6.07, 6.45) is 0.707. The average Bonchev–Trinajstić information content (AvgIpc) is 3.02. The Morgan fingerprint density at radius 2 is 1.96 bits per heavy atom. The predicted molar refractivity (Wildman–Crippen MR) is 80.6 cm³/mol. The van der Waals surface area contributed by atoms with Crippen LogP contribution in [0.25, 0.3) is 0 Å². The van der Waals surface area contributed by atoms with Gasteiger partial charge in [0.15, 0.2) is 0 Å². The summed E-state index contributed by atoms with van der Waals surface area (Å²) in [5.41, 5.74) is 1.05. The SMILES string of the molecule is FC(F)(F)Oc1ccc(N2CC[C@H](OCc3ccncc3)C2)nc1. The van der Waals surface area contributed by atoms with Gasteiger partial charge >= 0.3 is 6.36 Å². The topological polar surface area (TPSA) is 47.5 Å². The third kappa shape index (κ3) is 4.58. The maximum Gasteiger partial charge on any atom is 0.573 e. The molecule has 5 nitrogen and oxygen atoms in total. The minimum absolute atomic E-state index is 0.0612. The molecule has 0 saturated carbocycles. The fraction of sp³-hybridized carbons (Fsp3) is 0.375. The van der Waals surface area contributed by atoms with Crippen LogP contribution in [0.4, 0.5) is 19.0 Å². The van der Waals surface area contributed by atoms with E-state index in [1.807, 2.05) is 17.0 Å². The van der Waals surface area contributed by atoms with Gasteiger partial charge in [-0.15, -0.1) is 13.2 Å². The van der Waals surface area contributed by atoms with E-state index in [1.165, 1.54) is 12.1 Å². The molecule has 1 aliphatic heterocycles. The van der Waals surface area contributed by atoms with Crippen LogP contribution in [0, 0.1) is 0 Å². The number of rotatable bonds is 5. The molecule has 1 aliphatic rings. The van der Waals surface area contributed by atoms with Crippen molar-refractivity contribution in [3.05, 3.63) is 48.4 Å². The number of anilines is 1. The minimum Gasteiger partial charge on any atom is -0.404 e. The molecule has 128 valence electrons. The Balaban J connectivity index is 1.52. The zero-order valence-corrected chi connectivity index (χ0v) is 12.7. The first-order valence-electron chi connectivity index (χ1n) is 7.47. The van der Waals surface area contributed by atoms with Crippen molar-refractivity contribution < 1.29 is 22.6 Å². The van der Waals surface area contributed by atoms with E-state index in [4.69, 9.17) is 4.74 Å². The maximum absolute atomic E-state index is 12.1. The van der Waals surface area contributed by atoms with E-state index in [-0.39, 0.29) is 11.9 Å². The zero-order chi connectivity index (χ0) is 17.0. The molecule has 1 atom stereocenters. The molecule has 0 bridgehead atoms.